The Balaban J connectivity index is 2.17. The number of rotatable bonds is 4. The molecular weight excluding hydrogens is 250 g/mol. The Kier molecular flexibility index (Phi) is 3.54. The minimum absolute atomic E-state index is 0.763. The van der Waals surface area contributed by atoms with E-state index in [2.05, 4.69) is 40.4 Å². The Morgan fingerprint density at radius 1 is 1.30 bits per heavy atom. The number of hydrogen-bond donors (Lipinski definition) is 1. The van der Waals surface area contributed by atoms with Gasteiger partial charge in [0, 0.05) is 24.6 Å². The summed E-state index contributed by atoms with van der Waals surface area (Å²) >= 11 is 0. The minimum Gasteiger partial charge on any atom is -0.492 e. The predicted octanol–water partition coefficient (Wildman–Crippen LogP) is 3.07. The van der Waals surface area contributed by atoms with Crippen LogP contribution in [0.1, 0.15) is 24.5 Å². The van der Waals surface area contributed by atoms with Gasteiger partial charge in [0.15, 0.2) is 0 Å². The van der Waals surface area contributed by atoms with E-state index in [1.807, 2.05) is 7.05 Å². The van der Waals surface area contributed by atoms with E-state index < -0.39 is 0 Å². The van der Waals surface area contributed by atoms with Crippen molar-refractivity contribution in [3.8, 4) is 17.0 Å². The van der Waals surface area contributed by atoms with Gasteiger partial charge in [-0.3, -0.25) is 0 Å². The van der Waals surface area contributed by atoms with Crippen LogP contribution in [-0.2, 0) is 12.8 Å². The largest absolute Gasteiger partial charge is 0.492 e. The van der Waals surface area contributed by atoms with Crippen molar-refractivity contribution in [2.75, 3.05) is 19.0 Å². The molecule has 1 N–H and O–H groups in total. The lowest BCUT2D eigenvalue weighted by Crippen LogP contribution is -2.03. The number of hydrogen-bond acceptors (Lipinski definition) is 4. The van der Waals surface area contributed by atoms with Crippen molar-refractivity contribution in [3.63, 3.8) is 0 Å². The molecule has 0 aliphatic carbocycles. The molecule has 4 nitrogen and oxygen atoms in total. The SMILES string of the molecule is CCCc1c(NC)ncnc1-c1cccc2c1OCC2. The van der Waals surface area contributed by atoms with Gasteiger partial charge in [0.05, 0.1) is 12.3 Å². The summed E-state index contributed by atoms with van der Waals surface area (Å²) in [5, 5.41) is 3.17. The van der Waals surface area contributed by atoms with E-state index >= 15 is 0 Å². The zero-order chi connectivity index (χ0) is 13.9. The van der Waals surface area contributed by atoms with E-state index in [-0.39, 0.29) is 0 Å². The maximum atomic E-state index is 5.81. The molecule has 1 aromatic carbocycles. The Labute approximate surface area is 119 Å². The third kappa shape index (κ3) is 2.11. The van der Waals surface area contributed by atoms with Gasteiger partial charge in [-0.25, -0.2) is 9.97 Å². The standard InChI is InChI=1S/C16H19N3O/c1-3-5-13-14(18-10-19-16(13)17-2)12-7-4-6-11-8-9-20-15(11)12/h4,6-7,10H,3,5,8-9H2,1-2H3,(H,17,18,19). The second kappa shape index (κ2) is 5.49. The molecule has 0 saturated heterocycles. The van der Waals surface area contributed by atoms with Gasteiger partial charge in [-0.2, -0.15) is 0 Å². The van der Waals surface area contributed by atoms with Crippen molar-refractivity contribution in [2.24, 2.45) is 0 Å². The Morgan fingerprint density at radius 2 is 2.20 bits per heavy atom. The number of nitrogens with one attached hydrogen (secondary N) is 1. The van der Waals surface area contributed by atoms with Crippen molar-refractivity contribution < 1.29 is 4.74 Å². The maximum Gasteiger partial charge on any atom is 0.132 e. The van der Waals surface area contributed by atoms with Crippen LogP contribution in [0.3, 0.4) is 0 Å². The molecule has 20 heavy (non-hydrogen) atoms. The fraction of sp³-hybridized carbons (Fsp3) is 0.375. The summed E-state index contributed by atoms with van der Waals surface area (Å²) in [7, 11) is 1.90. The summed E-state index contributed by atoms with van der Waals surface area (Å²) in [5.74, 6) is 1.90. The molecule has 3 rings (SSSR count). The van der Waals surface area contributed by atoms with Gasteiger partial charge in [-0.15, -0.1) is 0 Å². The first kappa shape index (κ1) is 12.9. The fourth-order valence-corrected chi connectivity index (χ4v) is 2.75. The Morgan fingerprint density at radius 3 is 3.00 bits per heavy atom. The first-order chi connectivity index (χ1) is 9.85. The quantitative estimate of drug-likeness (QED) is 0.926. The third-order valence-electron chi connectivity index (χ3n) is 3.65. The van der Waals surface area contributed by atoms with Crippen LogP contribution in [0.15, 0.2) is 24.5 Å². The third-order valence-corrected chi connectivity index (χ3v) is 3.65. The molecule has 2 heterocycles. The number of nitrogens with zero attached hydrogens (tertiary/aromatic N) is 2. The van der Waals surface area contributed by atoms with E-state index in [0.29, 0.717) is 0 Å². The second-order valence-corrected chi connectivity index (χ2v) is 4.94. The molecule has 0 saturated carbocycles. The lowest BCUT2D eigenvalue weighted by Gasteiger charge is -2.14. The Hall–Kier alpha value is -2.10. The van der Waals surface area contributed by atoms with Crippen LogP contribution >= 0.6 is 0 Å². The highest BCUT2D eigenvalue weighted by atomic mass is 16.5. The monoisotopic (exact) mass is 269 g/mol. The molecule has 0 spiro atoms. The average molecular weight is 269 g/mol. The zero-order valence-corrected chi connectivity index (χ0v) is 11.9. The molecule has 1 aliphatic rings. The van der Waals surface area contributed by atoms with Gasteiger partial charge in [0.1, 0.15) is 17.9 Å². The molecule has 0 amide bonds. The highest BCUT2D eigenvalue weighted by Crippen LogP contribution is 2.38. The molecule has 0 fully saturated rings. The molecular formula is C16H19N3O. The van der Waals surface area contributed by atoms with Crippen molar-refractivity contribution in [3.05, 3.63) is 35.7 Å². The topological polar surface area (TPSA) is 47.0 Å². The minimum atomic E-state index is 0.763. The van der Waals surface area contributed by atoms with Crippen LogP contribution in [0.4, 0.5) is 5.82 Å². The van der Waals surface area contributed by atoms with Crippen LogP contribution < -0.4 is 10.1 Å². The van der Waals surface area contributed by atoms with Crippen LogP contribution in [0.5, 0.6) is 5.75 Å². The number of aromatic nitrogens is 2. The van der Waals surface area contributed by atoms with Gasteiger partial charge < -0.3 is 10.1 Å². The second-order valence-electron chi connectivity index (χ2n) is 4.94. The fourth-order valence-electron chi connectivity index (χ4n) is 2.75. The first-order valence-electron chi connectivity index (χ1n) is 7.11. The van der Waals surface area contributed by atoms with Crippen LogP contribution in [0.2, 0.25) is 0 Å². The molecule has 1 aliphatic heterocycles. The van der Waals surface area contributed by atoms with E-state index in [1.165, 1.54) is 11.1 Å². The first-order valence-corrected chi connectivity index (χ1v) is 7.11. The summed E-state index contributed by atoms with van der Waals surface area (Å²) in [6.07, 6.45) is 4.62. The van der Waals surface area contributed by atoms with E-state index in [0.717, 1.165) is 48.7 Å². The van der Waals surface area contributed by atoms with Crippen LogP contribution in [-0.4, -0.2) is 23.6 Å². The predicted molar refractivity (Wildman–Crippen MR) is 80.2 cm³/mol. The van der Waals surface area contributed by atoms with E-state index in [4.69, 9.17) is 4.74 Å². The Bertz CT molecular complexity index is 625. The highest BCUT2D eigenvalue weighted by Gasteiger charge is 2.20. The van der Waals surface area contributed by atoms with Gasteiger partial charge in [0.2, 0.25) is 0 Å². The van der Waals surface area contributed by atoms with Gasteiger partial charge in [-0.1, -0.05) is 25.5 Å². The lowest BCUT2D eigenvalue weighted by atomic mass is 9.99. The summed E-state index contributed by atoms with van der Waals surface area (Å²) in [5.41, 5.74) is 4.52. The summed E-state index contributed by atoms with van der Waals surface area (Å²) < 4.78 is 5.81. The molecule has 1 aromatic heterocycles. The van der Waals surface area contributed by atoms with Crippen molar-refractivity contribution in [2.45, 2.75) is 26.2 Å². The van der Waals surface area contributed by atoms with Gasteiger partial charge >= 0.3 is 0 Å². The smallest absolute Gasteiger partial charge is 0.132 e. The maximum absolute atomic E-state index is 5.81. The molecule has 0 radical (unpaired) electrons. The summed E-state index contributed by atoms with van der Waals surface area (Å²) in [6, 6.07) is 6.30. The highest BCUT2D eigenvalue weighted by molar-refractivity contribution is 5.75. The average Bonchev–Trinajstić information content (AvgIpc) is 2.96. The molecule has 4 heteroatoms. The lowest BCUT2D eigenvalue weighted by molar-refractivity contribution is 0.358. The van der Waals surface area contributed by atoms with E-state index in [9.17, 15) is 0 Å². The number of benzene rings is 1. The van der Waals surface area contributed by atoms with Crippen LogP contribution in [0.25, 0.3) is 11.3 Å². The number of fused-ring (bicyclic) bond motifs is 1. The van der Waals surface area contributed by atoms with Crippen molar-refractivity contribution >= 4 is 5.82 Å². The molecule has 0 bridgehead atoms. The normalized spacial score (nSPS) is 12.9. The molecule has 2 aromatic rings. The number of anilines is 1. The van der Waals surface area contributed by atoms with E-state index in [1.54, 1.807) is 6.33 Å². The number of para-hydroxylation sites is 1. The van der Waals surface area contributed by atoms with Crippen molar-refractivity contribution in [1.29, 1.82) is 0 Å². The molecule has 0 atom stereocenters. The van der Waals surface area contributed by atoms with Crippen LogP contribution in [0, 0.1) is 0 Å². The zero-order valence-electron chi connectivity index (χ0n) is 11.9. The number of ether oxygens (including phenoxy) is 1. The molecule has 104 valence electrons. The van der Waals surface area contributed by atoms with Crippen molar-refractivity contribution in [1.82, 2.24) is 9.97 Å². The van der Waals surface area contributed by atoms with Gasteiger partial charge in [0.25, 0.3) is 0 Å². The summed E-state index contributed by atoms with van der Waals surface area (Å²) in [6.45, 7) is 2.93. The molecule has 0 unspecified atom stereocenters. The summed E-state index contributed by atoms with van der Waals surface area (Å²) in [4.78, 5) is 8.86. The van der Waals surface area contributed by atoms with Gasteiger partial charge in [-0.05, 0) is 18.1 Å².